The van der Waals surface area contributed by atoms with Gasteiger partial charge in [0.2, 0.25) is 5.91 Å². The zero-order chi connectivity index (χ0) is 32.5. The first kappa shape index (κ1) is 43.0. The molecule has 0 unspecified atom stereocenters. The van der Waals surface area contributed by atoms with Gasteiger partial charge in [-0.2, -0.15) is 0 Å². The van der Waals surface area contributed by atoms with Gasteiger partial charge in [-0.15, -0.1) is 0 Å². The number of allylic oxidation sites excluding steroid dienone is 2. The molecular formula is C38H75NO5. The van der Waals surface area contributed by atoms with Gasteiger partial charge in [0, 0.05) is 0 Å². The van der Waals surface area contributed by atoms with Gasteiger partial charge in [-0.1, -0.05) is 167 Å². The number of hydrogen-bond donors (Lipinski definition) is 5. The normalized spacial score (nSPS) is 14.6. The van der Waals surface area contributed by atoms with Gasteiger partial charge in [0.25, 0.3) is 0 Å². The molecule has 0 radical (unpaired) electrons. The lowest BCUT2D eigenvalue weighted by Gasteiger charge is -2.27. The van der Waals surface area contributed by atoms with Gasteiger partial charge in [0.05, 0.1) is 18.8 Å². The predicted octanol–water partition coefficient (Wildman–Crippen LogP) is 9.07. The molecular weight excluding hydrogens is 550 g/mol. The van der Waals surface area contributed by atoms with E-state index in [0.29, 0.717) is 12.8 Å². The summed E-state index contributed by atoms with van der Waals surface area (Å²) in [7, 11) is 0. The highest BCUT2D eigenvalue weighted by molar-refractivity contribution is 5.80. The summed E-state index contributed by atoms with van der Waals surface area (Å²) in [5.41, 5.74) is 0. The van der Waals surface area contributed by atoms with E-state index in [0.717, 1.165) is 44.9 Å². The average molecular weight is 626 g/mol. The van der Waals surface area contributed by atoms with Crippen LogP contribution in [0.5, 0.6) is 0 Å². The SMILES string of the molecule is CCCCCCCC/C=C\CCCCCCCC[C@@H](O)[C@@H](O)[C@H](CO)NC(=O)[C@H](O)CCCCCCCCCCCCCC. The van der Waals surface area contributed by atoms with Crippen LogP contribution >= 0.6 is 0 Å². The second-order valence-corrected chi connectivity index (χ2v) is 13.3. The number of nitrogens with one attached hydrogen (secondary N) is 1. The smallest absolute Gasteiger partial charge is 0.249 e. The second kappa shape index (κ2) is 33.4. The number of hydrogen-bond acceptors (Lipinski definition) is 5. The average Bonchev–Trinajstić information content (AvgIpc) is 3.03. The van der Waals surface area contributed by atoms with E-state index in [1.54, 1.807) is 0 Å². The second-order valence-electron chi connectivity index (χ2n) is 13.3. The largest absolute Gasteiger partial charge is 0.394 e. The molecule has 0 aromatic carbocycles. The van der Waals surface area contributed by atoms with Gasteiger partial charge in [-0.05, 0) is 38.5 Å². The van der Waals surface area contributed by atoms with Crippen molar-refractivity contribution in [1.82, 2.24) is 5.32 Å². The highest BCUT2D eigenvalue weighted by atomic mass is 16.3. The van der Waals surface area contributed by atoms with Crippen LogP contribution in [-0.4, -0.2) is 57.3 Å². The Kier molecular flexibility index (Phi) is 32.7. The minimum absolute atomic E-state index is 0.371. The van der Waals surface area contributed by atoms with Crippen molar-refractivity contribution in [3.8, 4) is 0 Å². The molecule has 0 fully saturated rings. The monoisotopic (exact) mass is 626 g/mol. The van der Waals surface area contributed by atoms with Crippen LogP contribution in [0.2, 0.25) is 0 Å². The van der Waals surface area contributed by atoms with Gasteiger partial charge in [0.1, 0.15) is 12.2 Å². The van der Waals surface area contributed by atoms with Crippen molar-refractivity contribution >= 4 is 5.91 Å². The van der Waals surface area contributed by atoms with Crippen LogP contribution in [0, 0.1) is 0 Å². The minimum atomic E-state index is -1.26. The molecule has 0 rings (SSSR count). The summed E-state index contributed by atoms with van der Waals surface area (Å²) in [4.78, 5) is 12.4. The molecule has 44 heavy (non-hydrogen) atoms. The Morgan fingerprint density at radius 1 is 0.545 bits per heavy atom. The fraction of sp³-hybridized carbons (Fsp3) is 0.921. The number of unbranched alkanes of at least 4 members (excludes halogenated alkanes) is 23. The Morgan fingerprint density at radius 2 is 0.909 bits per heavy atom. The minimum Gasteiger partial charge on any atom is -0.394 e. The fourth-order valence-corrected chi connectivity index (χ4v) is 5.87. The van der Waals surface area contributed by atoms with Crippen LogP contribution in [0.3, 0.4) is 0 Å². The molecule has 1 amide bonds. The Labute approximate surface area is 272 Å². The zero-order valence-electron chi connectivity index (χ0n) is 29.2. The summed E-state index contributed by atoms with van der Waals surface area (Å²) >= 11 is 0. The first-order valence-electron chi connectivity index (χ1n) is 19.1. The van der Waals surface area contributed by atoms with E-state index in [1.807, 2.05) is 0 Å². The molecule has 6 heteroatoms. The molecule has 0 aromatic rings. The molecule has 0 aromatic heterocycles. The molecule has 0 saturated heterocycles. The first-order valence-corrected chi connectivity index (χ1v) is 19.1. The third-order valence-corrected chi connectivity index (χ3v) is 8.98. The van der Waals surface area contributed by atoms with E-state index in [1.165, 1.54) is 122 Å². The highest BCUT2D eigenvalue weighted by Gasteiger charge is 2.28. The van der Waals surface area contributed by atoms with Crippen molar-refractivity contribution in [2.75, 3.05) is 6.61 Å². The van der Waals surface area contributed by atoms with Crippen molar-refractivity contribution in [2.24, 2.45) is 0 Å². The van der Waals surface area contributed by atoms with E-state index in [9.17, 15) is 25.2 Å². The maximum absolute atomic E-state index is 12.4. The Morgan fingerprint density at radius 3 is 1.32 bits per heavy atom. The standard InChI is InChI=1S/C38H75NO5/c1-3-5-7-9-11-13-15-17-18-19-20-22-23-25-27-29-31-35(41)37(43)34(33-40)39-38(44)36(42)32-30-28-26-24-21-16-14-12-10-8-6-4-2/h17-18,34-37,40-43H,3-16,19-33H2,1-2H3,(H,39,44)/b18-17-/t34-,35+,36+,37-/m0/s1. The van der Waals surface area contributed by atoms with Crippen LogP contribution < -0.4 is 5.32 Å². The maximum Gasteiger partial charge on any atom is 0.249 e. The summed E-state index contributed by atoms with van der Waals surface area (Å²) < 4.78 is 0. The summed E-state index contributed by atoms with van der Waals surface area (Å²) in [5.74, 6) is -0.587. The van der Waals surface area contributed by atoms with Gasteiger partial charge in [-0.25, -0.2) is 0 Å². The van der Waals surface area contributed by atoms with Gasteiger partial charge >= 0.3 is 0 Å². The molecule has 4 atom stereocenters. The molecule has 0 heterocycles. The van der Waals surface area contributed by atoms with Gasteiger partial charge in [0.15, 0.2) is 0 Å². The lowest BCUT2D eigenvalue weighted by molar-refractivity contribution is -0.132. The number of aliphatic hydroxyl groups is 4. The van der Waals surface area contributed by atoms with E-state index in [4.69, 9.17) is 0 Å². The van der Waals surface area contributed by atoms with Crippen LogP contribution in [0.4, 0.5) is 0 Å². The lowest BCUT2D eigenvalue weighted by atomic mass is 9.99. The quantitative estimate of drug-likeness (QED) is 0.0362. The number of amides is 1. The number of carbonyl (C=O) groups is 1. The highest BCUT2D eigenvalue weighted by Crippen LogP contribution is 2.15. The summed E-state index contributed by atoms with van der Waals surface area (Å²) in [5, 5.41) is 43.4. The number of carbonyl (C=O) groups excluding carboxylic acids is 1. The third-order valence-electron chi connectivity index (χ3n) is 8.98. The van der Waals surface area contributed by atoms with Crippen molar-refractivity contribution in [3.05, 3.63) is 12.2 Å². The Hall–Kier alpha value is -0.950. The van der Waals surface area contributed by atoms with E-state index in [2.05, 4.69) is 31.3 Å². The van der Waals surface area contributed by atoms with Crippen molar-refractivity contribution in [3.63, 3.8) is 0 Å². The Balaban J connectivity index is 3.81. The molecule has 6 nitrogen and oxygen atoms in total. The molecule has 0 bridgehead atoms. The van der Waals surface area contributed by atoms with Crippen LogP contribution in [-0.2, 0) is 4.79 Å². The van der Waals surface area contributed by atoms with Crippen molar-refractivity contribution < 1.29 is 25.2 Å². The van der Waals surface area contributed by atoms with E-state index in [-0.39, 0.29) is 0 Å². The molecule has 0 aliphatic carbocycles. The molecule has 0 aliphatic heterocycles. The van der Waals surface area contributed by atoms with E-state index < -0.39 is 36.9 Å². The van der Waals surface area contributed by atoms with Crippen molar-refractivity contribution in [1.29, 1.82) is 0 Å². The molecule has 0 spiro atoms. The summed E-state index contributed by atoms with van der Waals surface area (Å²) in [6, 6.07) is -0.983. The van der Waals surface area contributed by atoms with Gasteiger partial charge < -0.3 is 25.7 Å². The number of aliphatic hydroxyl groups excluding tert-OH is 4. The first-order chi connectivity index (χ1) is 21.5. The van der Waals surface area contributed by atoms with E-state index >= 15 is 0 Å². The Bertz CT molecular complexity index is 628. The number of rotatable bonds is 34. The zero-order valence-corrected chi connectivity index (χ0v) is 29.2. The fourth-order valence-electron chi connectivity index (χ4n) is 5.87. The van der Waals surface area contributed by atoms with Crippen LogP contribution in [0.1, 0.15) is 194 Å². The topological polar surface area (TPSA) is 110 Å². The molecule has 0 saturated carbocycles. The lowest BCUT2D eigenvalue weighted by Crippen LogP contribution is -2.53. The van der Waals surface area contributed by atoms with Crippen LogP contribution in [0.25, 0.3) is 0 Å². The van der Waals surface area contributed by atoms with Gasteiger partial charge in [-0.3, -0.25) is 4.79 Å². The van der Waals surface area contributed by atoms with Crippen LogP contribution in [0.15, 0.2) is 12.2 Å². The third kappa shape index (κ3) is 27.4. The molecule has 5 N–H and O–H groups in total. The maximum atomic E-state index is 12.4. The summed E-state index contributed by atoms with van der Waals surface area (Å²) in [6.07, 6.45) is 33.7. The van der Waals surface area contributed by atoms with Crippen molar-refractivity contribution in [2.45, 2.75) is 218 Å². The molecule has 262 valence electrons. The summed E-state index contributed by atoms with van der Waals surface area (Å²) in [6.45, 7) is 4.02. The predicted molar refractivity (Wildman–Crippen MR) is 187 cm³/mol. The molecule has 0 aliphatic rings.